The molecule has 6 heteroatoms. The second kappa shape index (κ2) is 6.04. The number of hydrogen-bond donors (Lipinski definition) is 0. The van der Waals surface area contributed by atoms with Crippen LogP contribution in [0, 0.1) is 6.92 Å². The second-order valence-corrected chi connectivity index (χ2v) is 8.00. The zero-order valence-electron chi connectivity index (χ0n) is 13.0. The molecule has 1 heterocycles. The van der Waals surface area contributed by atoms with Gasteiger partial charge in [0, 0.05) is 20.2 Å². The van der Waals surface area contributed by atoms with Crippen LogP contribution in [-0.4, -0.2) is 51.2 Å². The zero-order chi connectivity index (χ0) is 15.7. The van der Waals surface area contributed by atoms with E-state index in [1.165, 1.54) is 4.31 Å². The lowest BCUT2D eigenvalue weighted by atomic mass is 10.1. The summed E-state index contributed by atoms with van der Waals surface area (Å²) >= 11 is 0. The smallest absolute Gasteiger partial charge is 0.243 e. The van der Waals surface area contributed by atoms with E-state index in [9.17, 15) is 8.42 Å². The van der Waals surface area contributed by atoms with Gasteiger partial charge in [-0.25, -0.2) is 8.42 Å². The van der Waals surface area contributed by atoms with Gasteiger partial charge in [0.25, 0.3) is 0 Å². The number of nitrogens with zero attached hydrogens (tertiary/aromatic N) is 1. The van der Waals surface area contributed by atoms with Crippen molar-refractivity contribution in [3.05, 3.63) is 29.8 Å². The number of benzene rings is 1. The Kier molecular flexibility index (Phi) is 4.72. The Morgan fingerprint density at radius 3 is 2.52 bits per heavy atom. The van der Waals surface area contributed by atoms with Crippen LogP contribution in [0.1, 0.15) is 19.4 Å². The summed E-state index contributed by atoms with van der Waals surface area (Å²) in [5.74, 6) is 0. The summed E-state index contributed by atoms with van der Waals surface area (Å²) in [6.07, 6.45) is -0.251. The van der Waals surface area contributed by atoms with Crippen molar-refractivity contribution in [2.24, 2.45) is 0 Å². The highest BCUT2D eigenvalue weighted by molar-refractivity contribution is 7.89. The maximum Gasteiger partial charge on any atom is 0.243 e. The molecule has 0 aromatic heterocycles. The Morgan fingerprint density at radius 2 is 1.95 bits per heavy atom. The highest BCUT2D eigenvalue weighted by atomic mass is 32.2. The molecule has 5 nitrogen and oxygen atoms in total. The van der Waals surface area contributed by atoms with Crippen LogP contribution in [-0.2, 0) is 19.5 Å². The monoisotopic (exact) mass is 313 g/mol. The molecule has 1 aromatic carbocycles. The highest BCUT2D eigenvalue weighted by Crippen LogP contribution is 2.26. The Hall–Kier alpha value is -0.950. The van der Waals surface area contributed by atoms with Crippen LogP contribution >= 0.6 is 0 Å². The van der Waals surface area contributed by atoms with E-state index in [-0.39, 0.29) is 6.10 Å². The fraction of sp³-hybridized carbons (Fsp3) is 0.600. The number of hydrogen-bond acceptors (Lipinski definition) is 4. The zero-order valence-corrected chi connectivity index (χ0v) is 13.8. The van der Waals surface area contributed by atoms with E-state index in [2.05, 4.69) is 0 Å². The lowest BCUT2D eigenvalue weighted by molar-refractivity contribution is -0.135. The van der Waals surface area contributed by atoms with Gasteiger partial charge in [-0.2, -0.15) is 4.31 Å². The average Bonchev–Trinajstić information content (AvgIpc) is 2.37. The molecule has 118 valence electrons. The first-order valence-electron chi connectivity index (χ1n) is 6.98. The minimum atomic E-state index is -3.50. The SMILES string of the molecule is COCC1CN(S(=O)(=O)c2ccc(C)cc2)CC(C)(C)O1. The number of ether oxygens (including phenoxy) is 2. The third-order valence-corrected chi connectivity index (χ3v) is 5.29. The van der Waals surface area contributed by atoms with Gasteiger partial charge in [0.1, 0.15) is 0 Å². The van der Waals surface area contributed by atoms with Gasteiger partial charge in [-0.3, -0.25) is 0 Å². The van der Waals surface area contributed by atoms with E-state index in [1.54, 1.807) is 19.2 Å². The second-order valence-electron chi connectivity index (χ2n) is 6.07. The van der Waals surface area contributed by atoms with Gasteiger partial charge in [0.05, 0.1) is 23.2 Å². The molecule has 1 saturated heterocycles. The molecule has 0 amide bonds. The first kappa shape index (κ1) is 16.4. The molecular weight excluding hydrogens is 290 g/mol. The average molecular weight is 313 g/mol. The molecule has 0 aliphatic carbocycles. The summed E-state index contributed by atoms with van der Waals surface area (Å²) in [6, 6.07) is 6.92. The molecule has 0 spiro atoms. The van der Waals surface area contributed by atoms with Crippen LogP contribution in [0.2, 0.25) is 0 Å². The van der Waals surface area contributed by atoms with Crippen LogP contribution in [0.15, 0.2) is 29.2 Å². The van der Waals surface area contributed by atoms with Crippen molar-refractivity contribution < 1.29 is 17.9 Å². The molecule has 1 fully saturated rings. The molecule has 0 radical (unpaired) electrons. The van der Waals surface area contributed by atoms with Gasteiger partial charge in [-0.15, -0.1) is 0 Å². The summed E-state index contributed by atoms with van der Waals surface area (Å²) in [5.41, 5.74) is 0.507. The van der Waals surface area contributed by atoms with Gasteiger partial charge in [-0.1, -0.05) is 17.7 Å². The molecule has 1 aromatic rings. The van der Waals surface area contributed by atoms with Crippen molar-refractivity contribution in [1.82, 2.24) is 4.31 Å². The van der Waals surface area contributed by atoms with Crippen molar-refractivity contribution in [2.45, 2.75) is 37.4 Å². The lowest BCUT2D eigenvalue weighted by Crippen LogP contribution is -2.55. The molecule has 1 atom stereocenters. The Morgan fingerprint density at radius 1 is 1.33 bits per heavy atom. The number of morpholine rings is 1. The van der Waals surface area contributed by atoms with Crippen molar-refractivity contribution in [2.75, 3.05) is 26.8 Å². The van der Waals surface area contributed by atoms with Crippen molar-refractivity contribution >= 4 is 10.0 Å². The third kappa shape index (κ3) is 3.83. The van der Waals surface area contributed by atoms with Gasteiger partial charge >= 0.3 is 0 Å². The minimum Gasteiger partial charge on any atom is -0.382 e. The Bertz CT molecular complexity index is 580. The van der Waals surface area contributed by atoms with Crippen LogP contribution < -0.4 is 0 Å². The Balaban J connectivity index is 2.28. The first-order chi connectivity index (χ1) is 9.74. The fourth-order valence-corrected chi connectivity index (χ4v) is 4.18. The van der Waals surface area contributed by atoms with Crippen LogP contribution in [0.5, 0.6) is 0 Å². The first-order valence-corrected chi connectivity index (χ1v) is 8.42. The predicted octanol–water partition coefficient (Wildman–Crippen LogP) is 1.81. The molecule has 0 N–H and O–H groups in total. The summed E-state index contributed by atoms with van der Waals surface area (Å²) in [7, 11) is -1.92. The molecule has 1 unspecified atom stereocenters. The summed E-state index contributed by atoms with van der Waals surface area (Å²) < 4.78 is 38.0. The summed E-state index contributed by atoms with van der Waals surface area (Å²) in [6.45, 7) is 6.75. The van der Waals surface area contributed by atoms with E-state index in [0.29, 0.717) is 24.6 Å². The van der Waals surface area contributed by atoms with Crippen LogP contribution in [0.4, 0.5) is 0 Å². The predicted molar refractivity (Wildman–Crippen MR) is 80.8 cm³/mol. The normalized spacial score (nSPS) is 23.1. The van der Waals surface area contributed by atoms with Crippen LogP contribution in [0.25, 0.3) is 0 Å². The van der Waals surface area contributed by atoms with Crippen molar-refractivity contribution in [1.29, 1.82) is 0 Å². The maximum atomic E-state index is 12.8. The molecule has 0 saturated carbocycles. The van der Waals surface area contributed by atoms with Crippen molar-refractivity contribution in [3.8, 4) is 0 Å². The van der Waals surface area contributed by atoms with Gasteiger partial charge < -0.3 is 9.47 Å². The van der Waals surface area contributed by atoms with Gasteiger partial charge in [-0.05, 0) is 32.9 Å². The number of methoxy groups -OCH3 is 1. The van der Waals surface area contributed by atoms with Crippen molar-refractivity contribution in [3.63, 3.8) is 0 Å². The lowest BCUT2D eigenvalue weighted by Gasteiger charge is -2.41. The molecule has 1 aliphatic rings. The third-order valence-electron chi connectivity index (χ3n) is 3.46. The fourth-order valence-electron chi connectivity index (χ4n) is 2.56. The minimum absolute atomic E-state index is 0.251. The summed E-state index contributed by atoms with van der Waals surface area (Å²) in [4.78, 5) is 0.321. The number of sulfonamides is 1. The molecule has 0 bridgehead atoms. The maximum absolute atomic E-state index is 12.8. The largest absolute Gasteiger partial charge is 0.382 e. The topological polar surface area (TPSA) is 55.8 Å². The molecule has 2 rings (SSSR count). The van der Waals surface area contributed by atoms with E-state index >= 15 is 0 Å². The van der Waals surface area contributed by atoms with Gasteiger partial charge in [0.2, 0.25) is 10.0 Å². The quantitative estimate of drug-likeness (QED) is 0.851. The van der Waals surface area contributed by atoms with E-state index in [0.717, 1.165) is 5.56 Å². The van der Waals surface area contributed by atoms with Crippen LogP contribution in [0.3, 0.4) is 0 Å². The van der Waals surface area contributed by atoms with E-state index < -0.39 is 15.6 Å². The summed E-state index contributed by atoms with van der Waals surface area (Å²) in [5, 5.41) is 0. The molecule has 1 aliphatic heterocycles. The highest BCUT2D eigenvalue weighted by Gasteiger charge is 2.39. The molecular formula is C15H23NO4S. The Labute approximate surface area is 126 Å². The van der Waals surface area contributed by atoms with E-state index in [1.807, 2.05) is 32.9 Å². The number of rotatable bonds is 4. The standard InChI is InChI=1S/C15H23NO4S/c1-12-5-7-14(8-6-12)21(17,18)16-9-13(10-19-4)20-15(2,3)11-16/h5-8,13H,9-11H2,1-4H3. The van der Waals surface area contributed by atoms with Gasteiger partial charge in [0.15, 0.2) is 0 Å². The number of aryl methyl sites for hydroxylation is 1. The van der Waals surface area contributed by atoms with E-state index in [4.69, 9.17) is 9.47 Å². The molecule has 21 heavy (non-hydrogen) atoms.